The summed E-state index contributed by atoms with van der Waals surface area (Å²) in [5.41, 5.74) is 5.65. The number of nitrogens with zero attached hydrogens (tertiary/aromatic N) is 1. The maximum absolute atomic E-state index is 12.3. The molecule has 0 aliphatic carbocycles. The number of benzene rings is 1. The fourth-order valence-corrected chi connectivity index (χ4v) is 3.89. The van der Waals surface area contributed by atoms with E-state index < -0.39 is 19.9 Å². The lowest BCUT2D eigenvalue weighted by Gasteiger charge is -2.18. The molecular weight excluding hydrogens is 312 g/mol. The van der Waals surface area contributed by atoms with Gasteiger partial charge >= 0.3 is 0 Å². The third-order valence-electron chi connectivity index (χ3n) is 2.44. The highest BCUT2D eigenvalue weighted by molar-refractivity contribution is 7.91. The minimum atomic E-state index is -3.91. The van der Waals surface area contributed by atoms with Crippen LogP contribution in [0, 0.1) is 0 Å². The SMILES string of the molecule is CN(CCS(C)(=O)=O)S(=O)(=O)c1c(N)cccc1Cl. The molecule has 1 aromatic rings. The molecule has 2 N–H and O–H groups in total. The number of hydrogen-bond donors (Lipinski definition) is 1. The molecule has 1 rings (SSSR count). The summed E-state index contributed by atoms with van der Waals surface area (Å²) in [4.78, 5) is -0.201. The van der Waals surface area contributed by atoms with Gasteiger partial charge in [-0.2, -0.15) is 4.31 Å². The molecule has 0 fully saturated rings. The molecule has 9 heteroatoms. The van der Waals surface area contributed by atoms with E-state index in [4.69, 9.17) is 17.3 Å². The summed E-state index contributed by atoms with van der Waals surface area (Å²) in [6, 6.07) is 4.37. The number of nitrogen functional groups attached to an aromatic ring is 1. The van der Waals surface area contributed by atoms with Crippen LogP contribution in [0.15, 0.2) is 23.1 Å². The molecule has 0 bridgehead atoms. The van der Waals surface area contributed by atoms with Crippen LogP contribution in [0.25, 0.3) is 0 Å². The van der Waals surface area contributed by atoms with E-state index in [1.165, 1.54) is 25.2 Å². The smallest absolute Gasteiger partial charge is 0.246 e. The van der Waals surface area contributed by atoms with Gasteiger partial charge in [0, 0.05) is 19.8 Å². The molecule has 108 valence electrons. The molecule has 0 radical (unpaired) electrons. The third kappa shape index (κ3) is 4.07. The van der Waals surface area contributed by atoms with Gasteiger partial charge in [0.1, 0.15) is 14.7 Å². The lowest BCUT2D eigenvalue weighted by molar-refractivity contribution is 0.485. The van der Waals surface area contributed by atoms with Crippen LogP contribution in [0.1, 0.15) is 0 Å². The molecule has 0 aliphatic heterocycles. The van der Waals surface area contributed by atoms with E-state index in [1.54, 1.807) is 0 Å². The Morgan fingerprint density at radius 1 is 1.26 bits per heavy atom. The number of sulfone groups is 1. The van der Waals surface area contributed by atoms with Crippen molar-refractivity contribution in [2.24, 2.45) is 0 Å². The van der Waals surface area contributed by atoms with Gasteiger partial charge in [0.05, 0.1) is 16.5 Å². The molecule has 1 aromatic carbocycles. The normalized spacial score (nSPS) is 12.8. The maximum Gasteiger partial charge on any atom is 0.246 e. The lowest BCUT2D eigenvalue weighted by atomic mass is 10.3. The van der Waals surface area contributed by atoms with Gasteiger partial charge in [-0.3, -0.25) is 0 Å². The highest BCUT2D eigenvalue weighted by atomic mass is 35.5. The molecule has 6 nitrogen and oxygen atoms in total. The van der Waals surface area contributed by atoms with Crippen molar-refractivity contribution in [1.29, 1.82) is 0 Å². The summed E-state index contributed by atoms with van der Waals surface area (Å²) in [5, 5.41) is 0.00575. The Bertz CT molecular complexity index is 651. The monoisotopic (exact) mass is 326 g/mol. The standard InChI is InChI=1S/C10H15ClN2O4S2/c1-13(6-7-18(2,14)15)19(16,17)10-8(11)4-3-5-9(10)12/h3-5H,6-7,12H2,1-2H3. The van der Waals surface area contributed by atoms with Crippen molar-refractivity contribution in [3.63, 3.8) is 0 Å². The first-order chi connectivity index (χ1) is 8.55. The second-order valence-electron chi connectivity index (χ2n) is 4.11. The second kappa shape index (κ2) is 5.66. The number of nitrogens with two attached hydrogens (primary N) is 1. The Morgan fingerprint density at radius 2 is 1.84 bits per heavy atom. The van der Waals surface area contributed by atoms with Crippen molar-refractivity contribution in [2.45, 2.75) is 4.90 Å². The van der Waals surface area contributed by atoms with E-state index in [-0.39, 0.29) is 27.9 Å². The van der Waals surface area contributed by atoms with Crippen LogP contribution in [0.2, 0.25) is 5.02 Å². The van der Waals surface area contributed by atoms with Crippen LogP contribution < -0.4 is 5.73 Å². The van der Waals surface area contributed by atoms with Crippen LogP contribution in [0.4, 0.5) is 5.69 Å². The van der Waals surface area contributed by atoms with Crippen molar-refractivity contribution in [1.82, 2.24) is 4.31 Å². The number of anilines is 1. The van der Waals surface area contributed by atoms with Gasteiger partial charge in [-0.25, -0.2) is 16.8 Å². The lowest BCUT2D eigenvalue weighted by Crippen LogP contribution is -2.32. The van der Waals surface area contributed by atoms with Gasteiger partial charge in [0.25, 0.3) is 0 Å². The summed E-state index contributed by atoms with van der Waals surface area (Å²) < 4.78 is 47.6. The van der Waals surface area contributed by atoms with Crippen LogP contribution in [-0.2, 0) is 19.9 Å². The Morgan fingerprint density at radius 3 is 2.32 bits per heavy atom. The molecule has 0 unspecified atom stereocenters. The van der Waals surface area contributed by atoms with Crippen molar-refractivity contribution < 1.29 is 16.8 Å². The predicted octanol–water partition coefficient (Wildman–Crippen LogP) is 0.587. The molecule has 0 atom stereocenters. The van der Waals surface area contributed by atoms with E-state index in [0.29, 0.717) is 0 Å². The Labute approximate surface area is 118 Å². The van der Waals surface area contributed by atoms with Crippen molar-refractivity contribution in [3.8, 4) is 0 Å². The quantitative estimate of drug-likeness (QED) is 0.798. The summed E-state index contributed by atoms with van der Waals surface area (Å²) in [6.07, 6.45) is 1.04. The van der Waals surface area contributed by atoms with Gasteiger partial charge < -0.3 is 5.73 Å². The largest absolute Gasteiger partial charge is 0.398 e. The molecule has 0 saturated carbocycles. The van der Waals surface area contributed by atoms with Crippen molar-refractivity contribution >= 4 is 37.1 Å². The van der Waals surface area contributed by atoms with Gasteiger partial charge in [0.15, 0.2) is 0 Å². The van der Waals surface area contributed by atoms with Crippen LogP contribution >= 0.6 is 11.6 Å². The van der Waals surface area contributed by atoms with E-state index in [0.717, 1.165) is 10.6 Å². The zero-order chi connectivity index (χ0) is 14.8. The summed E-state index contributed by atoms with van der Waals surface area (Å²) in [7, 11) is -5.88. The molecule has 19 heavy (non-hydrogen) atoms. The van der Waals surface area contributed by atoms with Crippen molar-refractivity contribution in [2.75, 3.05) is 31.3 Å². The third-order valence-corrected chi connectivity index (χ3v) is 5.77. The van der Waals surface area contributed by atoms with Crippen LogP contribution in [0.5, 0.6) is 0 Å². The fourth-order valence-electron chi connectivity index (χ4n) is 1.37. The first kappa shape index (κ1) is 16.2. The van der Waals surface area contributed by atoms with Crippen molar-refractivity contribution in [3.05, 3.63) is 23.2 Å². The predicted molar refractivity (Wildman–Crippen MR) is 75.4 cm³/mol. The zero-order valence-corrected chi connectivity index (χ0v) is 12.9. The summed E-state index contributed by atoms with van der Waals surface area (Å²) in [5.74, 6) is -0.271. The molecule has 0 amide bonds. The van der Waals surface area contributed by atoms with E-state index in [1.807, 2.05) is 0 Å². The van der Waals surface area contributed by atoms with Gasteiger partial charge in [-0.05, 0) is 12.1 Å². The Balaban J connectivity index is 3.11. The van der Waals surface area contributed by atoms with E-state index >= 15 is 0 Å². The maximum atomic E-state index is 12.3. The minimum absolute atomic E-state index is 0.00575. The highest BCUT2D eigenvalue weighted by Gasteiger charge is 2.26. The first-order valence-electron chi connectivity index (χ1n) is 5.24. The molecule has 0 saturated heterocycles. The summed E-state index contributed by atoms with van der Waals surface area (Å²) >= 11 is 5.84. The number of halogens is 1. The molecule has 0 heterocycles. The first-order valence-corrected chi connectivity index (χ1v) is 9.11. The average molecular weight is 327 g/mol. The van der Waals surface area contributed by atoms with Crippen LogP contribution in [-0.4, -0.2) is 46.7 Å². The van der Waals surface area contributed by atoms with Gasteiger partial charge in [0.2, 0.25) is 10.0 Å². The average Bonchev–Trinajstić information content (AvgIpc) is 2.24. The highest BCUT2D eigenvalue weighted by Crippen LogP contribution is 2.29. The summed E-state index contributed by atoms with van der Waals surface area (Å²) in [6.45, 7) is -0.161. The molecule has 0 aromatic heterocycles. The molecule has 0 aliphatic rings. The molecular formula is C10H15ClN2O4S2. The number of rotatable bonds is 5. The van der Waals surface area contributed by atoms with Gasteiger partial charge in [-0.15, -0.1) is 0 Å². The van der Waals surface area contributed by atoms with Crippen LogP contribution in [0.3, 0.4) is 0 Å². The second-order valence-corrected chi connectivity index (χ2v) is 8.76. The zero-order valence-electron chi connectivity index (χ0n) is 10.5. The Hall–Kier alpha value is -0.830. The number of hydrogen-bond acceptors (Lipinski definition) is 5. The fraction of sp³-hybridized carbons (Fsp3) is 0.400. The van der Waals surface area contributed by atoms with E-state index in [2.05, 4.69) is 0 Å². The topological polar surface area (TPSA) is 97.5 Å². The number of sulfonamides is 1. The minimum Gasteiger partial charge on any atom is -0.398 e. The van der Waals surface area contributed by atoms with Gasteiger partial charge in [-0.1, -0.05) is 17.7 Å². The van der Waals surface area contributed by atoms with E-state index in [9.17, 15) is 16.8 Å². The Kier molecular flexibility index (Phi) is 4.83. The molecule has 0 spiro atoms.